The van der Waals surface area contributed by atoms with Crippen LogP contribution < -0.4 is 4.74 Å². The van der Waals surface area contributed by atoms with Gasteiger partial charge in [-0.15, -0.1) is 0 Å². The molecule has 1 aliphatic rings. The third-order valence-electron chi connectivity index (χ3n) is 2.62. The molecule has 0 bridgehead atoms. The molecule has 3 heteroatoms. The van der Waals surface area contributed by atoms with E-state index in [4.69, 9.17) is 9.84 Å². The number of rotatable bonds is 1. The van der Waals surface area contributed by atoms with Crippen LogP contribution in [0, 0.1) is 6.92 Å². The van der Waals surface area contributed by atoms with Crippen LogP contribution in [0.2, 0.25) is 0 Å². The summed E-state index contributed by atoms with van der Waals surface area (Å²) >= 11 is 0. The molecule has 0 fully saturated rings. The molecule has 78 valence electrons. The molecule has 0 atom stereocenters. The Morgan fingerprint density at radius 3 is 2.80 bits per heavy atom. The van der Waals surface area contributed by atoms with Crippen LogP contribution in [0.15, 0.2) is 23.8 Å². The molecule has 1 aliphatic heterocycles. The lowest BCUT2D eigenvalue weighted by Crippen LogP contribution is -2.16. The Hall–Kier alpha value is -1.77. The predicted molar refractivity (Wildman–Crippen MR) is 56.9 cm³/mol. The van der Waals surface area contributed by atoms with Gasteiger partial charge in [-0.3, -0.25) is 0 Å². The molecule has 1 heterocycles. The average Bonchev–Trinajstić information content (AvgIpc) is 2.17. The third-order valence-corrected chi connectivity index (χ3v) is 2.62. The Labute approximate surface area is 88.0 Å². The van der Waals surface area contributed by atoms with Crippen LogP contribution in [0.4, 0.5) is 0 Å². The first kappa shape index (κ1) is 9.77. The van der Waals surface area contributed by atoms with Crippen LogP contribution in [-0.2, 0) is 4.79 Å². The quantitative estimate of drug-likeness (QED) is 0.763. The van der Waals surface area contributed by atoms with Crippen LogP contribution in [-0.4, -0.2) is 17.7 Å². The van der Waals surface area contributed by atoms with Gasteiger partial charge in [0.25, 0.3) is 0 Å². The van der Waals surface area contributed by atoms with Gasteiger partial charge in [0, 0.05) is 5.56 Å². The van der Waals surface area contributed by atoms with E-state index in [1.165, 1.54) is 0 Å². The summed E-state index contributed by atoms with van der Waals surface area (Å²) in [5.74, 6) is -0.128. The number of hydrogen-bond donors (Lipinski definition) is 1. The number of allylic oxidation sites excluding steroid dienone is 1. The minimum absolute atomic E-state index is 0.150. The highest BCUT2D eigenvalue weighted by Crippen LogP contribution is 2.33. The number of carboxylic acid groups (broad SMARTS) is 1. The fourth-order valence-electron chi connectivity index (χ4n) is 1.70. The minimum Gasteiger partial charge on any atom is -0.488 e. The summed E-state index contributed by atoms with van der Waals surface area (Å²) < 4.78 is 5.41. The maximum Gasteiger partial charge on any atom is 0.335 e. The van der Waals surface area contributed by atoms with Gasteiger partial charge >= 0.3 is 5.97 Å². The normalized spacial score (nSPS) is 14.5. The Kier molecular flexibility index (Phi) is 2.23. The second kappa shape index (κ2) is 3.42. The van der Waals surface area contributed by atoms with Gasteiger partial charge in [0.05, 0.1) is 5.57 Å². The van der Waals surface area contributed by atoms with Crippen molar-refractivity contribution < 1.29 is 14.6 Å². The van der Waals surface area contributed by atoms with E-state index in [1.807, 2.05) is 32.0 Å². The van der Waals surface area contributed by atoms with Crippen molar-refractivity contribution in [3.63, 3.8) is 0 Å². The Morgan fingerprint density at radius 2 is 2.13 bits per heavy atom. The van der Waals surface area contributed by atoms with Crippen molar-refractivity contribution in [1.82, 2.24) is 0 Å². The molecule has 3 nitrogen and oxygen atoms in total. The highest BCUT2D eigenvalue weighted by atomic mass is 16.5. The van der Waals surface area contributed by atoms with E-state index in [0.29, 0.717) is 5.57 Å². The molecule has 1 N–H and O–H groups in total. The van der Waals surface area contributed by atoms with Crippen LogP contribution in [0.1, 0.15) is 18.1 Å². The zero-order valence-electron chi connectivity index (χ0n) is 8.70. The average molecular weight is 204 g/mol. The molecule has 15 heavy (non-hydrogen) atoms. The molecule has 0 radical (unpaired) electrons. The molecule has 0 amide bonds. The van der Waals surface area contributed by atoms with Gasteiger partial charge in [0.2, 0.25) is 0 Å². The summed E-state index contributed by atoms with van der Waals surface area (Å²) in [5.41, 5.74) is 3.12. The lowest BCUT2D eigenvalue weighted by atomic mass is 9.97. The first-order valence-corrected chi connectivity index (χ1v) is 4.76. The molecule has 1 aromatic rings. The fraction of sp³-hybridized carbons (Fsp3) is 0.250. The number of carbonyl (C=O) groups is 1. The summed E-state index contributed by atoms with van der Waals surface area (Å²) in [6.07, 6.45) is 0. The smallest absolute Gasteiger partial charge is 0.335 e. The summed E-state index contributed by atoms with van der Waals surface area (Å²) in [4.78, 5) is 10.9. The van der Waals surface area contributed by atoms with Crippen LogP contribution in [0.25, 0.3) is 5.57 Å². The predicted octanol–water partition coefficient (Wildman–Crippen LogP) is 2.25. The topological polar surface area (TPSA) is 46.5 Å². The number of ether oxygens (including phenoxy) is 1. The van der Waals surface area contributed by atoms with Crippen LogP contribution in [0.5, 0.6) is 5.75 Å². The molecule has 0 saturated heterocycles. The summed E-state index contributed by atoms with van der Waals surface area (Å²) in [5, 5.41) is 8.95. The Morgan fingerprint density at radius 1 is 1.40 bits per heavy atom. The van der Waals surface area contributed by atoms with E-state index in [2.05, 4.69) is 0 Å². The number of fused-ring (bicyclic) bond motifs is 1. The van der Waals surface area contributed by atoms with Crippen molar-refractivity contribution in [2.75, 3.05) is 6.61 Å². The van der Waals surface area contributed by atoms with Crippen molar-refractivity contribution in [3.8, 4) is 5.75 Å². The van der Waals surface area contributed by atoms with Crippen LogP contribution >= 0.6 is 0 Å². The molecule has 2 rings (SSSR count). The Bertz CT molecular complexity index is 458. The van der Waals surface area contributed by atoms with E-state index in [0.717, 1.165) is 22.4 Å². The van der Waals surface area contributed by atoms with E-state index >= 15 is 0 Å². The van der Waals surface area contributed by atoms with Gasteiger partial charge in [-0.1, -0.05) is 12.1 Å². The molecule has 0 spiro atoms. The zero-order chi connectivity index (χ0) is 11.0. The monoisotopic (exact) mass is 204 g/mol. The second-order valence-corrected chi connectivity index (χ2v) is 3.70. The SMILES string of the molecule is CC1=C(C(=O)O)COc2cc(C)ccc21. The lowest BCUT2D eigenvalue weighted by molar-refractivity contribution is -0.133. The van der Waals surface area contributed by atoms with Crippen molar-refractivity contribution in [1.29, 1.82) is 0 Å². The third kappa shape index (κ3) is 1.61. The minimum atomic E-state index is -0.904. The second-order valence-electron chi connectivity index (χ2n) is 3.70. The maximum absolute atomic E-state index is 10.9. The van der Waals surface area contributed by atoms with Crippen molar-refractivity contribution in [2.24, 2.45) is 0 Å². The van der Waals surface area contributed by atoms with E-state index in [1.54, 1.807) is 0 Å². The van der Waals surface area contributed by atoms with Gasteiger partial charge in [0.1, 0.15) is 12.4 Å². The number of aliphatic carboxylic acids is 1. The molecular weight excluding hydrogens is 192 g/mol. The number of aryl methyl sites for hydroxylation is 1. The number of benzene rings is 1. The first-order valence-electron chi connectivity index (χ1n) is 4.76. The van der Waals surface area contributed by atoms with Gasteiger partial charge in [-0.2, -0.15) is 0 Å². The van der Waals surface area contributed by atoms with Crippen molar-refractivity contribution >= 4 is 11.5 Å². The van der Waals surface area contributed by atoms with Crippen molar-refractivity contribution in [3.05, 3.63) is 34.9 Å². The number of carboxylic acids is 1. The first-order chi connectivity index (χ1) is 7.09. The highest BCUT2D eigenvalue weighted by Gasteiger charge is 2.21. The largest absolute Gasteiger partial charge is 0.488 e. The molecule has 0 aliphatic carbocycles. The van der Waals surface area contributed by atoms with Crippen LogP contribution in [0.3, 0.4) is 0 Å². The zero-order valence-corrected chi connectivity index (χ0v) is 8.70. The van der Waals surface area contributed by atoms with Gasteiger partial charge in [0.15, 0.2) is 0 Å². The van der Waals surface area contributed by atoms with E-state index in [-0.39, 0.29) is 6.61 Å². The fourth-order valence-corrected chi connectivity index (χ4v) is 1.70. The summed E-state index contributed by atoms with van der Waals surface area (Å²) in [6.45, 7) is 3.95. The van der Waals surface area contributed by atoms with Crippen molar-refractivity contribution in [2.45, 2.75) is 13.8 Å². The lowest BCUT2D eigenvalue weighted by Gasteiger charge is -2.20. The molecular formula is C12H12O3. The van der Waals surface area contributed by atoms with E-state index < -0.39 is 5.97 Å². The molecule has 1 aromatic carbocycles. The number of hydrogen-bond acceptors (Lipinski definition) is 2. The standard InChI is InChI=1S/C12H12O3/c1-7-3-4-9-8(2)10(12(13)14)6-15-11(9)5-7/h3-5H,6H2,1-2H3,(H,13,14). The van der Waals surface area contributed by atoms with Gasteiger partial charge < -0.3 is 9.84 Å². The molecule has 0 unspecified atom stereocenters. The molecule has 0 saturated carbocycles. The Balaban J connectivity index is 2.57. The highest BCUT2D eigenvalue weighted by molar-refractivity contribution is 5.97. The summed E-state index contributed by atoms with van der Waals surface area (Å²) in [7, 11) is 0. The van der Waals surface area contributed by atoms with E-state index in [9.17, 15) is 4.79 Å². The summed E-state index contributed by atoms with van der Waals surface area (Å²) in [6, 6.07) is 5.79. The molecule has 0 aromatic heterocycles. The van der Waals surface area contributed by atoms with Gasteiger partial charge in [-0.25, -0.2) is 4.79 Å². The van der Waals surface area contributed by atoms with Gasteiger partial charge in [-0.05, 0) is 31.1 Å². The maximum atomic E-state index is 10.9.